The highest BCUT2D eigenvalue weighted by molar-refractivity contribution is 7.09. The monoisotopic (exact) mass is 214 g/mol. The van der Waals surface area contributed by atoms with Crippen LogP contribution < -0.4 is 0 Å². The number of rotatable bonds is 6. The minimum atomic E-state index is 0.234. The standard InChI is InChI=1S/C10H18N2OS/c1-3-4-12(5-6-13)7-10-9(2)11-8-14-10/h8,13H,3-7H2,1-2H3. The van der Waals surface area contributed by atoms with E-state index in [4.69, 9.17) is 5.11 Å². The molecule has 80 valence electrons. The van der Waals surface area contributed by atoms with Crippen molar-refractivity contribution in [2.75, 3.05) is 19.7 Å². The number of aliphatic hydroxyl groups is 1. The van der Waals surface area contributed by atoms with Gasteiger partial charge in [0.05, 0.1) is 17.8 Å². The Bertz CT molecular complexity index is 256. The minimum Gasteiger partial charge on any atom is -0.395 e. The van der Waals surface area contributed by atoms with Crippen molar-refractivity contribution in [1.82, 2.24) is 9.88 Å². The summed E-state index contributed by atoms with van der Waals surface area (Å²) in [5, 5.41) is 8.91. The molecule has 0 aliphatic rings. The Balaban J connectivity index is 2.50. The van der Waals surface area contributed by atoms with E-state index in [1.165, 1.54) is 4.88 Å². The summed E-state index contributed by atoms with van der Waals surface area (Å²) >= 11 is 1.70. The number of hydrogen-bond donors (Lipinski definition) is 1. The molecule has 4 heteroatoms. The van der Waals surface area contributed by atoms with Crippen LogP contribution in [0.2, 0.25) is 0 Å². The zero-order valence-corrected chi connectivity index (χ0v) is 9.68. The zero-order chi connectivity index (χ0) is 10.4. The molecule has 0 saturated heterocycles. The molecule has 0 unspecified atom stereocenters. The van der Waals surface area contributed by atoms with Crippen molar-refractivity contribution in [1.29, 1.82) is 0 Å². The van der Waals surface area contributed by atoms with Gasteiger partial charge in [-0.2, -0.15) is 0 Å². The molecule has 0 amide bonds. The molecular weight excluding hydrogens is 196 g/mol. The third-order valence-electron chi connectivity index (χ3n) is 2.17. The number of aryl methyl sites for hydroxylation is 1. The van der Waals surface area contributed by atoms with Crippen LogP contribution in [0, 0.1) is 6.92 Å². The molecule has 0 aromatic carbocycles. The van der Waals surface area contributed by atoms with E-state index in [0.717, 1.165) is 31.7 Å². The van der Waals surface area contributed by atoms with Gasteiger partial charge in [-0.15, -0.1) is 11.3 Å². The van der Waals surface area contributed by atoms with Crippen LogP contribution in [0.15, 0.2) is 5.51 Å². The van der Waals surface area contributed by atoms with Crippen molar-refractivity contribution in [3.8, 4) is 0 Å². The first-order valence-corrected chi connectivity index (χ1v) is 5.88. The van der Waals surface area contributed by atoms with Crippen LogP contribution in [0.3, 0.4) is 0 Å². The summed E-state index contributed by atoms with van der Waals surface area (Å²) in [6.45, 7) is 7.14. The van der Waals surface area contributed by atoms with E-state index in [9.17, 15) is 0 Å². The maximum atomic E-state index is 8.91. The van der Waals surface area contributed by atoms with Crippen molar-refractivity contribution in [3.63, 3.8) is 0 Å². The van der Waals surface area contributed by atoms with Crippen molar-refractivity contribution < 1.29 is 5.11 Å². The summed E-state index contributed by atoms with van der Waals surface area (Å²) in [7, 11) is 0. The number of thiazole rings is 1. The van der Waals surface area contributed by atoms with Gasteiger partial charge in [0.15, 0.2) is 0 Å². The van der Waals surface area contributed by atoms with Crippen LogP contribution in [0.5, 0.6) is 0 Å². The van der Waals surface area contributed by atoms with Crippen molar-refractivity contribution in [2.45, 2.75) is 26.8 Å². The van der Waals surface area contributed by atoms with Crippen LogP contribution in [-0.4, -0.2) is 34.7 Å². The van der Waals surface area contributed by atoms with Crippen LogP contribution in [0.4, 0.5) is 0 Å². The molecule has 1 aromatic heterocycles. The van der Waals surface area contributed by atoms with E-state index in [1.807, 2.05) is 12.4 Å². The molecule has 0 aliphatic heterocycles. The Hall–Kier alpha value is -0.450. The molecule has 1 rings (SSSR count). The lowest BCUT2D eigenvalue weighted by Gasteiger charge is -2.19. The van der Waals surface area contributed by atoms with Crippen LogP contribution >= 0.6 is 11.3 Å². The van der Waals surface area contributed by atoms with Gasteiger partial charge in [0, 0.05) is 18.0 Å². The van der Waals surface area contributed by atoms with Gasteiger partial charge in [-0.3, -0.25) is 4.90 Å². The lowest BCUT2D eigenvalue weighted by molar-refractivity contribution is 0.191. The van der Waals surface area contributed by atoms with Gasteiger partial charge in [0.1, 0.15) is 0 Å². The second-order valence-corrected chi connectivity index (χ2v) is 4.30. The average Bonchev–Trinajstić information content (AvgIpc) is 2.53. The third kappa shape index (κ3) is 3.36. The minimum absolute atomic E-state index is 0.234. The third-order valence-corrected chi connectivity index (χ3v) is 3.09. The number of aromatic nitrogens is 1. The topological polar surface area (TPSA) is 36.4 Å². The van der Waals surface area contributed by atoms with E-state index in [0.29, 0.717) is 0 Å². The molecule has 14 heavy (non-hydrogen) atoms. The largest absolute Gasteiger partial charge is 0.395 e. The molecule has 1 aromatic rings. The maximum Gasteiger partial charge on any atom is 0.0798 e. The Morgan fingerprint density at radius 3 is 2.79 bits per heavy atom. The number of hydrogen-bond acceptors (Lipinski definition) is 4. The average molecular weight is 214 g/mol. The first-order valence-electron chi connectivity index (χ1n) is 5.00. The Labute approximate surface area is 89.4 Å². The quantitative estimate of drug-likeness (QED) is 0.782. The molecule has 0 atom stereocenters. The van der Waals surface area contributed by atoms with E-state index in [-0.39, 0.29) is 6.61 Å². The molecule has 0 spiro atoms. The highest BCUT2D eigenvalue weighted by Crippen LogP contribution is 2.14. The fraction of sp³-hybridized carbons (Fsp3) is 0.700. The molecule has 0 saturated carbocycles. The predicted molar refractivity (Wildman–Crippen MR) is 59.5 cm³/mol. The molecule has 1 heterocycles. The number of aliphatic hydroxyl groups excluding tert-OH is 1. The normalized spacial score (nSPS) is 11.1. The Morgan fingerprint density at radius 1 is 1.50 bits per heavy atom. The van der Waals surface area contributed by atoms with Gasteiger partial charge in [-0.05, 0) is 19.9 Å². The Morgan fingerprint density at radius 2 is 2.29 bits per heavy atom. The van der Waals surface area contributed by atoms with Crippen LogP contribution in [0.1, 0.15) is 23.9 Å². The molecular formula is C10H18N2OS. The number of nitrogens with zero attached hydrogens (tertiary/aromatic N) is 2. The van der Waals surface area contributed by atoms with Crippen molar-refractivity contribution in [3.05, 3.63) is 16.1 Å². The SMILES string of the molecule is CCCN(CCO)Cc1scnc1C. The van der Waals surface area contributed by atoms with Gasteiger partial charge < -0.3 is 5.11 Å². The predicted octanol–water partition coefficient (Wildman–Crippen LogP) is 1.66. The lowest BCUT2D eigenvalue weighted by atomic mass is 10.3. The fourth-order valence-corrected chi connectivity index (χ4v) is 2.23. The van der Waals surface area contributed by atoms with Gasteiger partial charge in [0.2, 0.25) is 0 Å². The van der Waals surface area contributed by atoms with Gasteiger partial charge in [0.25, 0.3) is 0 Å². The molecule has 1 N–H and O–H groups in total. The zero-order valence-electron chi connectivity index (χ0n) is 8.86. The molecule has 3 nitrogen and oxygen atoms in total. The first kappa shape index (κ1) is 11.6. The fourth-order valence-electron chi connectivity index (χ4n) is 1.41. The second-order valence-electron chi connectivity index (χ2n) is 3.36. The maximum absolute atomic E-state index is 8.91. The van der Waals surface area contributed by atoms with E-state index in [2.05, 4.69) is 16.8 Å². The second kappa shape index (κ2) is 6.11. The molecule has 0 bridgehead atoms. The summed E-state index contributed by atoms with van der Waals surface area (Å²) in [6, 6.07) is 0. The van der Waals surface area contributed by atoms with Crippen LogP contribution in [0.25, 0.3) is 0 Å². The molecule has 0 fully saturated rings. The van der Waals surface area contributed by atoms with E-state index < -0.39 is 0 Å². The summed E-state index contributed by atoms with van der Waals surface area (Å²) in [6.07, 6.45) is 1.12. The summed E-state index contributed by atoms with van der Waals surface area (Å²) in [5.41, 5.74) is 3.00. The summed E-state index contributed by atoms with van der Waals surface area (Å²) < 4.78 is 0. The van der Waals surface area contributed by atoms with Gasteiger partial charge in [-0.25, -0.2) is 4.98 Å². The summed E-state index contributed by atoms with van der Waals surface area (Å²) in [4.78, 5) is 7.80. The lowest BCUT2D eigenvalue weighted by Crippen LogP contribution is -2.27. The van der Waals surface area contributed by atoms with Gasteiger partial charge in [-0.1, -0.05) is 6.92 Å². The van der Waals surface area contributed by atoms with E-state index >= 15 is 0 Å². The first-order chi connectivity index (χ1) is 6.77. The molecule has 0 radical (unpaired) electrons. The Kier molecular flexibility index (Phi) is 5.07. The van der Waals surface area contributed by atoms with Crippen molar-refractivity contribution >= 4 is 11.3 Å². The van der Waals surface area contributed by atoms with E-state index in [1.54, 1.807) is 11.3 Å². The summed E-state index contributed by atoms with van der Waals surface area (Å²) in [5.74, 6) is 0. The highest BCUT2D eigenvalue weighted by atomic mass is 32.1. The van der Waals surface area contributed by atoms with Gasteiger partial charge >= 0.3 is 0 Å². The van der Waals surface area contributed by atoms with Crippen LogP contribution in [-0.2, 0) is 6.54 Å². The van der Waals surface area contributed by atoms with Crippen molar-refractivity contribution in [2.24, 2.45) is 0 Å². The smallest absolute Gasteiger partial charge is 0.0798 e. The molecule has 0 aliphatic carbocycles. The highest BCUT2D eigenvalue weighted by Gasteiger charge is 2.07.